The molecule has 31 heavy (non-hydrogen) atoms. The number of hydrogen-bond acceptors (Lipinski definition) is 0. The number of hydrogen-bond donors (Lipinski definition) is 0. The summed E-state index contributed by atoms with van der Waals surface area (Å²) in [5.41, 5.74) is 1.33. The highest BCUT2D eigenvalue weighted by Gasteiger charge is 2.30. The zero-order valence-corrected chi connectivity index (χ0v) is 19.9. The maximum atomic E-state index is 13.2. The van der Waals surface area contributed by atoms with Gasteiger partial charge in [0.05, 0.1) is 0 Å². The Hall–Kier alpha value is -1.11. The Morgan fingerprint density at radius 2 is 1.23 bits per heavy atom. The maximum absolute atomic E-state index is 13.2. The van der Waals surface area contributed by atoms with Crippen LogP contribution in [0.5, 0.6) is 0 Å². The van der Waals surface area contributed by atoms with E-state index in [0.717, 1.165) is 29.6 Å². The molecule has 0 saturated heterocycles. The Morgan fingerprint density at radius 1 is 0.710 bits per heavy atom. The van der Waals surface area contributed by atoms with E-state index in [9.17, 15) is 4.39 Å². The van der Waals surface area contributed by atoms with Crippen molar-refractivity contribution in [2.45, 2.75) is 109 Å². The van der Waals surface area contributed by atoms with Crippen molar-refractivity contribution in [1.29, 1.82) is 0 Å². The number of unbranched alkanes of at least 4 members (excludes halogenated alkanes) is 1. The van der Waals surface area contributed by atoms with E-state index in [2.05, 4.69) is 19.1 Å². The lowest BCUT2D eigenvalue weighted by atomic mass is 9.68. The molecule has 3 fully saturated rings. The normalized spacial score (nSPS) is 34.8. The summed E-state index contributed by atoms with van der Waals surface area (Å²) in [5.74, 6) is 5.26. The topological polar surface area (TPSA) is 0 Å². The Bertz CT molecular complexity index is 650. The summed E-state index contributed by atoms with van der Waals surface area (Å²) in [6.07, 6.45) is 26.5. The van der Waals surface area contributed by atoms with Crippen molar-refractivity contribution >= 4 is 0 Å². The molecule has 0 spiro atoms. The van der Waals surface area contributed by atoms with Gasteiger partial charge < -0.3 is 0 Å². The molecule has 1 aromatic carbocycles. The molecule has 0 radical (unpaired) electrons. The van der Waals surface area contributed by atoms with Crippen LogP contribution in [0.3, 0.4) is 0 Å². The Morgan fingerprint density at radius 3 is 1.77 bits per heavy atom. The standard InChI is InChI=1S/C30H45F/c1-2-3-4-23-7-13-26(14-8-23)27-15-9-24(10-16-27)5-6-25-11-17-28(18-12-25)29-19-21-30(31)22-20-29/h5-6,19-28H,2-4,7-18H2,1H3/b6-5+. The van der Waals surface area contributed by atoms with E-state index in [1.165, 1.54) is 102 Å². The van der Waals surface area contributed by atoms with Crippen LogP contribution in [-0.2, 0) is 0 Å². The maximum Gasteiger partial charge on any atom is 0.123 e. The monoisotopic (exact) mass is 424 g/mol. The predicted octanol–water partition coefficient (Wildman–Crippen LogP) is 9.46. The summed E-state index contributed by atoms with van der Waals surface area (Å²) in [6.45, 7) is 2.33. The van der Waals surface area contributed by atoms with E-state index in [4.69, 9.17) is 0 Å². The molecular weight excluding hydrogens is 379 g/mol. The molecule has 3 aliphatic rings. The first kappa shape index (κ1) is 23.1. The van der Waals surface area contributed by atoms with Crippen LogP contribution in [0, 0.1) is 35.4 Å². The van der Waals surface area contributed by atoms with Crippen molar-refractivity contribution < 1.29 is 4.39 Å². The van der Waals surface area contributed by atoms with Crippen molar-refractivity contribution in [3.8, 4) is 0 Å². The molecule has 0 aliphatic heterocycles. The van der Waals surface area contributed by atoms with E-state index in [1.807, 2.05) is 12.1 Å². The molecule has 1 aromatic rings. The summed E-state index contributed by atoms with van der Waals surface area (Å²) in [4.78, 5) is 0. The van der Waals surface area contributed by atoms with Crippen molar-refractivity contribution in [2.75, 3.05) is 0 Å². The first-order valence-corrected chi connectivity index (χ1v) is 13.6. The highest BCUT2D eigenvalue weighted by molar-refractivity contribution is 5.21. The molecule has 4 rings (SSSR count). The second-order valence-electron chi connectivity index (χ2n) is 11.1. The van der Waals surface area contributed by atoms with E-state index < -0.39 is 0 Å². The molecule has 3 aliphatic carbocycles. The lowest BCUT2D eigenvalue weighted by Gasteiger charge is -2.37. The average molecular weight is 425 g/mol. The second kappa shape index (κ2) is 11.7. The highest BCUT2D eigenvalue weighted by atomic mass is 19.1. The van der Waals surface area contributed by atoms with Gasteiger partial charge in [0.1, 0.15) is 5.82 Å². The van der Waals surface area contributed by atoms with Gasteiger partial charge >= 0.3 is 0 Å². The minimum atomic E-state index is -0.116. The Kier molecular flexibility index (Phi) is 8.68. The van der Waals surface area contributed by atoms with Crippen molar-refractivity contribution in [3.05, 3.63) is 47.8 Å². The molecule has 0 nitrogen and oxygen atoms in total. The summed E-state index contributed by atoms with van der Waals surface area (Å²) in [5, 5.41) is 0. The van der Waals surface area contributed by atoms with Gasteiger partial charge in [0.2, 0.25) is 0 Å². The Balaban J connectivity index is 1.14. The first-order valence-electron chi connectivity index (χ1n) is 13.6. The molecule has 1 heteroatoms. The van der Waals surface area contributed by atoms with E-state index in [-0.39, 0.29) is 5.82 Å². The largest absolute Gasteiger partial charge is 0.207 e. The molecule has 3 saturated carbocycles. The lowest BCUT2D eigenvalue weighted by molar-refractivity contribution is 0.151. The van der Waals surface area contributed by atoms with E-state index in [0.29, 0.717) is 5.92 Å². The second-order valence-corrected chi connectivity index (χ2v) is 11.1. The van der Waals surface area contributed by atoms with Crippen LogP contribution >= 0.6 is 0 Å². The predicted molar refractivity (Wildman–Crippen MR) is 131 cm³/mol. The zero-order valence-electron chi connectivity index (χ0n) is 19.9. The summed E-state index contributed by atoms with van der Waals surface area (Å²) < 4.78 is 13.2. The van der Waals surface area contributed by atoms with Crippen LogP contribution in [0.4, 0.5) is 4.39 Å². The summed E-state index contributed by atoms with van der Waals surface area (Å²) in [6, 6.07) is 7.23. The third kappa shape index (κ3) is 6.69. The van der Waals surface area contributed by atoms with Gasteiger partial charge in [-0.1, -0.05) is 63.3 Å². The van der Waals surface area contributed by atoms with Gasteiger partial charge in [0.25, 0.3) is 0 Å². The summed E-state index contributed by atoms with van der Waals surface area (Å²) in [7, 11) is 0. The fourth-order valence-corrected chi connectivity index (χ4v) is 6.94. The molecule has 0 heterocycles. The van der Waals surface area contributed by atoms with Gasteiger partial charge in [0.15, 0.2) is 0 Å². The molecular formula is C30H45F. The SMILES string of the molecule is CCCCC1CCC(C2CCC(/C=C/C3CCC(c4ccc(F)cc4)CC3)CC2)CC1. The molecule has 0 unspecified atom stereocenters. The van der Waals surface area contributed by atoms with Gasteiger partial charge in [-0.15, -0.1) is 0 Å². The van der Waals surface area contributed by atoms with E-state index >= 15 is 0 Å². The highest BCUT2D eigenvalue weighted by Crippen LogP contribution is 2.43. The van der Waals surface area contributed by atoms with Gasteiger partial charge in [-0.3, -0.25) is 0 Å². The van der Waals surface area contributed by atoms with Gasteiger partial charge in [0, 0.05) is 0 Å². The first-order chi connectivity index (χ1) is 15.2. The molecule has 0 bridgehead atoms. The molecule has 172 valence electrons. The van der Waals surface area contributed by atoms with Gasteiger partial charge in [-0.2, -0.15) is 0 Å². The summed E-state index contributed by atoms with van der Waals surface area (Å²) >= 11 is 0. The quantitative estimate of drug-likeness (QED) is 0.382. The Labute approximate surface area is 191 Å². The van der Waals surface area contributed by atoms with Crippen molar-refractivity contribution in [3.63, 3.8) is 0 Å². The lowest BCUT2D eigenvalue weighted by Crippen LogP contribution is -2.25. The molecule has 0 N–H and O–H groups in total. The number of benzene rings is 1. The number of allylic oxidation sites excluding steroid dienone is 2. The van der Waals surface area contributed by atoms with Crippen molar-refractivity contribution in [1.82, 2.24) is 0 Å². The minimum absolute atomic E-state index is 0.116. The molecule has 0 aromatic heterocycles. The van der Waals surface area contributed by atoms with E-state index in [1.54, 1.807) is 12.1 Å². The average Bonchev–Trinajstić information content (AvgIpc) is 2.83. The third-order valence-corrected chi connectivity index (χ3v) is 9.11. The smallest absolute Gasteiger partial charge is 0.123 e. The molecule has 0 atom stereocenters. The third-order valence-electron chi connectivity index (χ3n) is 9.11. The van der Waals surface area contributed by atoms with Crippen LogP contribution in [0.2, 0.25) is 0 Å². The van der Waals surface area contributed by atoms with Crippen LogP contribution in [0.1, 0.15) is 115 Å². The number of halogens is 1. The van der Waals surface area contributed by atoms with Crippen LogP contribution in [0.25, 0.3) is 0 Å². The number of rotatable bonds is 7. The van der Waals surface area contributed by atoms with Crippen LogP contribution in [-0.4, -0.2) is 0 Å². The van der Waals surface area contributed by atoms with Crippen LogP contribution < -0.4 is 0 Å². The molecule has 0 amide bonds. The van der Waals surface area contributed by atoms with Crippen molar-refractivity contribution in [2.24, 2.45) is 29.6 Å². The minimum Gasteiger partial charge on any atom is -0.207 e. The zero-order chi connectivity index (χ0) is 21.5. The fraction of sp³-hybridized carbons (Fsp3) is 0.733. The van der Waals surface area contributed by atoms with Crippen LogP contribution in [0.15, 0.2) is 36.4 Å². The van der Waals surface area contributed by atoms with Gasteiger partial charge in [-0.25, -0.2) is 4.39 Å². The fourth-order valence-electron chi connectivity index (χ4n) is 6.94. The van der Waals surface area contributed by atoms with Gasteiger partial charge in [-0.05, 0) is 117 Å².